The van der Waals surface area contributed by atoms with Gasteiger partial charge in [0.15, 0.2) is 23.9 Å². The Morgan fingerprint density at radius 1 is 1.04 bits per heavy atom. The average Bonchev–Trinajstić information content (AvgIpc) is 2.70. The maximum Gasteiger partial charge on any atom is 0.345 e. The van der Waals surface area contributed by atoms with Crippen molar-refractivity contribution in [3.63, 3.8) is 0 Å². The molecule has 0 N–H and O–H groups in total. The summed E-state index contributed by atoms with van der Waals surface area (Å²) in [5.74, 6) is -1.17. The molecule has 2 aromatic carbocycles. The van der Waals surface area contributed by atoms with Gasteiger partial charge in [0.1, 0.15) is 5.56 Å². The summed E-state index contributed by atoms with van der Waals surface area (Å²) in [6.07, 6.45) is 0.840. The number of methoxy groups -OCH3 is 2. The predicted octanol–water partition coefficient (Wildman–Crippen LogP) is 3.21. The number of nitro benzene ring substituents is 1. The van der Waals surface area contributed by atoms with Crippen LogP contribution in [0.4, 0.5) is 5.69 Å². The monoisotopic (exact) mass is 373 g/mol. The van der Waals surface area contributed by atoms with E-state index in [2.05, 4.69) is 0 Å². The van der Waals surface area contributed by atoms with E-state index in [1.807, 2.05) is 19.1 Å². The van der Waals surface area contributed by atoms with Gasteiger partial charge in [0, 0.05) is 11.6 Å². The number of hydrogen-bond donors (Lipinski definition) is 0. The lowest BCUT2D eigenvalue weighted by Crippen LogP contribution is -2.15. The van der Waals surface area contributed by atoms with Crippen LogP contribution in [0.15, 0.2) is 36.4 Å². The molecule has 0 atom stereocenters. The van der Waals surface area contributed by atoms with Gasteiger partial charge >= 0.3 is 5.97 Å². The molecule has 8 heteroatoms. The van der Waals surface area contributed by atoms with E-state index in [4.69, 9.17) is 14.2 Å². The third-order valence-electron chi connectivity index (χ3n) is 3.94. The number of nitro groups is 1. The van der Waals surface area contributed by atoms with E-state index in [0.717, 1.165) is 24.1 Å². The van der Waals surface area contributed by atoms with E-state index >= 15 is 0 Å². The van der Waals surface area contributed by atoms with Gasteiger partial charge in [-0.15, -0.1) is 0 Å². The summed E-state index contributed by atoms with van der Waals surface area (Å²) in [6, 6.07) is 9.14. The van der Waals surface area contributed by atoms with Gasteiger partial charge in [-0.3, -0.25) is 14.9 Å². The number of ether oxygens (including phenoxy) is 3. The minimum Gasteiger partial charge on any atom is -0.493 e. The summed E-state index contributed by atoms with van der Waals surface area (Å²) in [7, 11) is 2.66. The molecule has 2 rings (SSSR count). The van der Waals surface area contributed by atoms with Crippen molar-refractivity contribution in [1.82, 2.24) is 0 Å². The summed E-state index contributed by atoms with van der Waals surface area (Å²) >= 11 is 0. The molecule has 0 spiro atoms. The molecule has 0 saturated heterocycles. The lowest BCUT2D eigenvalue weighted by atomic mass is 10.1. The number of esters is 1. The summed E-state index contributed by atoms with van der Waals surface area (Å²) < 4.78 is 15.0. The van der Waals surface area contributed by atoms with Crippen LogP contribution in [0.1, 0.15) is 33.2 Å². The van der Waals surface area contributed by atoms with Crippen molar-refractivity contribution in [2.45, 2.75) is 13.3 Å². The zero-order valence-corrected chi connectivity index (χ0v) is 15.2. The fraction of sp³-hybridized carbons (Fsp3) is 0.263. The average molecular weight is 373 g/mol. The van der Waals surface area contributed by atoms with E-state index in [0.29, 0.717) is 5.56 Å². The molecule has 0 unspecified atom stereocenters. The number of nitrogens with zero attached hydrogens (tertiary/aromatic N) is 1. The number of carbonyl (C=O) groups excluding carboxylic acids is 2. The first-order chi connectivity index (χ1) is 12.9. The zero-order chi connectivity index (χ0) is 20.0. The lowest BCUT2D eigenvalue weighted by Gasteiger charge is -2.10. The molecular weight excluding hydrogens is 354 g/mol. The summed E-state index contributed by atoms with van der Waals surface area (Å²) in [5.41, 5.74) is 0.635. The zero-order valence-electron chi connectivity index (χ0n) is 15.2. The van der Waals surface area contributed by atoms with Crippen LogP contribution in [0.5, 0.6) is 11.5 Å². The molecule has 0 aliphatic carbocycles. The van der Waals surface area contributed by atoms with Gasteiger partial charge in [0.2, 0.25) is 0 Å². The van der Waals surface area contributed by atoms with Crippen molar-refractivity contribution in [1.29, 1.82) is 0 Å². The Bertz CT molecular complexity index is 859. The molecule has 0 amide bonds. The number of rotatable bonds is 8. The molecular formula is C19H19NO7. The van der Waals surface area contributed by atoms with Gasteiger partial charge < -0.3 is 14.2 Å². The highest BCUT2D eigenvalue weighted by Gasteiger charge is 2.26. The molecule has 0 aliphatic heterocycles. The first kappa shape index (κ1) is 19.9. The third-order valence-corrected chi connectivity index (χ3v) is 3.94. The second kappa shape index (κ2) is 8.79. The molecule has 0 fully saturated rings. The Morgan fingerprint density at radius 2 is 1.63 bits per heavy atom. The summed E-state index contributed by atoms with van der Waals surface area (Å²) in [4.78, 5) is 35.0. The highest BCUT2D eigenvalue weighted by molar-refractivity contribution is 6.00. The Morgan fingerprint density at radius 3 is 2.15 bits per heavy atom. The Hall–Kier alpha value is -3.42. The molecule has 142 valence electrons. The van der Waals surface area contributed by atoms with E-state index in [9.17, 15) is 19.7 Å². The van der Waals surface area contributed by atoms with Crippen LogP contribution in [0.2, 0.25) is 0 Å². The Balaban J connectivity index is 2.19. The molecule has 27 heavy (non-hydrogen) atoms. The maximum atomic E-state index is 12.3. The van der Waals surface area contributed by atoms with Crippen molar-refractivity contribution < 1.29 is 28.7 Å². The number of benzene rings is 2. The van der Waals surface area contributed by atoms with Gasteiger partial charge in [-0.1, -0.05) is 31.2 Å². The number of Topliss-reactive ketones (excluding diaryl/α,β-unsaturated/α-hetero) is 1. The van der Waals surface area contributed by atoms with Crippen molar-refractivity contribution in [3.8, 4) is 11.5 Å². The number of ketones is 1. The molecule has 0 bridgehead atoms. The van der Waals surface area contributed by atoms with E-state index < -0.39 is 29.0 Å². The summed E-state index contributed by atoms with van der Waals surface area (Å²) in [6.45, 7) is 1.46. The van der Waals surface area contributed by atoms with Crippen LogP contribution in [0.3, 0.4) is 0 Å². The SMILES string of the molecule is CCc1ccc(C(=O)COC(=O)c2cc(OC)c(OC)cc2[N+](=O)[O-])cc1. The van der Waals surface area contributed by atoms with Gasteiger partial charge in [-0.25, -0.2) is 4.79 Å². The second-order valence-electron chi connectivity index (χ2n) is 5.53. The minimum atomic E-state index is -0.999. The molecule has 0 heterocycles. The predicted molar refractivity (Wildman–Crippen MR) is 96.6 cm³/mol. The third kappa shape index (κ3) is 4.60. The fourth-order valence-electron chi connectivity index (χ4n) is 2.40. The standard InChI is InChI=1S/C19H19NO7/c1-4-12-5-7-13(8-6-12)16(21)11-27-19(22)14-9-17(25-2)18(26-3)10-15(14)20(23)24/h5-10H,4,11H2,1-3H3. The van der Waals surface area contributed by atoms with E-state index in [-0.39, 0.29) is 17.1 Å². The largest absolute Gasteiger partial charge is 0.493 e. The number of carbonyl (C=O) groups is 2. The van der Waals surface area contributed by atoms with Crippen molar-refractivity contribution in [2.24, 2.45) is 0 Å². The first-order valence-electron chi connectivity index (χ1n) is 8.10. The van der Waals surface area contributed by atoms with Gasteiger partial charge in [0.25, 0.3) is 5.69 Å². The van der Waals surface area contributed by atoms with Crippen LogP contribution in [0, 0.1) is 10.1 Å². The van der Waals surface area contributed by atoms with Crippen LogP contribution in [-0.4, -0.2) is 37.5 Å². The molecule has 0 radical (unpaired) electrons. The molecule has 8 nitrogen and oxygen atoms in total. The second-order valence-corrected chi connectivity index (χ2v) is 5.53. The Labute approximate surface area is 155 Å². The number of aryl methyl sites for hydroxylation is 1. The fourth-order valence-corrected chi connectivity index (χ4v) is 2.40. The van der Waals surface area contributed by atoms with Crippen LogP contribution >= 0.6 is 0 Å². The quantitative estimate of drug-likeness (QED) is 0.303. The van der Waals surface area contributed by atoms with Crippen LogP contribution in [0.25, 0.3) is 0 Å². The summed E-state index contributed by atoms with van der Waals surface area (Å²) in [5, 5.41) is 11.2. The number of hydrogen-bond acceptors (Lipinski definition) is 7. The van der Waals surface area contributed by atoms with Crippen molar-refractivity contribution in [3.05, 3.63) is 63.2 Å². The molecule has 0 aliphatic rings. The topological polar surface area (TPSA) is 105 Å². The minimum absolute atomic E-state index is 0.104. The van der Waals surface area contributed by atoms with Crippen LogP contribution in [-0.2, 0) is 11.2 Å². The molecule has 0 saturated carbocycles. The smallest absolute Gasteiger partial charge is 0.345 e. The molecule has 2 aromatic rings. The van der Waals surface area contributed by atoms with Gasteiger partial charge in [-0.05, 0) is 12.0 Å². The van der Waals surface area contributed by atoms with Crippen LogP contribution < -0.4 is 9.47 Å². The maximum absolute atomic E-state index is 12.3. The highest BCUT2D eigenvalue weighted by Crippen LogP contribution is 2.34. The van der Waals surface area contributed by atoms with E-state index in [1.165, 1.54) is 14.2 Å². The van der Waals surface area contributed by atoms with Gasteiger partial charge in [0.05, 0.1) is 25.2 Å². The highest BCUT2D eigenvalue weighted by atomic mass is 16.6. The lowest BCUT2D eigenvalue weighted by molar-refractivity contribution is -0.385. The normalized spacial score (nSPS) is 10.2. The van der Waals surface area contributed by atoms with Gasteiger partial charge in [-0.2, -0.15) is 0 Å². The Kier molecular flexibility index (Phi) is 6.48. The van der Waals surface area contributed by atoms with E-state index in [1.54, 1.807) is 12.1 Å². The molecule has 0 aromatic heterocycles. The van der Waals surface area contributed by atoms with Crippen molar-refractivity contribution in [2.75, 3.05) is 20.8 Å². The van der Waals surface area contributed by atoms with Crippen molar-refractivity contribution >= 4 is 17.4 Å². The first-order valence-corrected chi connectivity index (χ1v) is 8.10.